The molecule has 4 rings (SSSR count). The van der Waals surface area contributed by atoms with E-state index < -0.39 is 9.84 Å². The van der Waals surface area contributed by atoms with Crippen LogP contribution in [-0.4, -0.2) is 29.3 Å². The zero-order valence-corrected chi connectivity index (χ0v) is 16.4. The number of hydrogen-bond acceptors (Lipinski definition) is 5. The van der Waals surface area contributed by atoms with Crippen LogP contribution in [0, 0.1) is 6.92 Å². The van der Waals surface area contributed by atoms with E-state index in [0.717, 1.165) is 10.8 Å². The van der Waals surface area contributed by atoms with Gasteiger partial charge in [0.25, 0.3) is 0 Å². The number of fused-ring (bicyclic) bond motifs is 2. The van der Waals surface area contributed by atoms with Gasteiger partial charge in [-0.2, -0.15) is 5.10 Å². The van der Waals surface area contributed by atoms with Gasteiger partial charge in [0.2, 0.25) is 9.84 Å². The van der Waals surface area contributed by atoms with E-state index in [4.69, 9.17) is 11.6 Å². The van der Waals surface area contributed by atoms with E-state index in [1.54, 1.807) is 31.5 Å². The van der Waals surface area contributed by atoms with Crippen LogP contribution in [0.3, 0.4) is 0 Å². The fourth-order valence-corrected chi connectivity index (χ4v) is 5.39. The third-order valence-electron chi connectivity index (χ3n) is 4.16. The Kier molecular flexibility index (Phi) is 4.17. The maximum atomic E-state index is 13.4. The number of aryl methyl sites for hydroxylation is 1. The summed E-state index contributed by atoms with van der Waals surface area (Å²) in [6, 6.07) is 12.7. The first-order chi connectivity index (χ1) is 12.4. The molecule has 0 amide bonds. The number of aromatic nitrogens is 3. The molecule has 0 aliphatic heterocycles. The Labute approximate surface area is 159 Å². The third-order valence-corrected chi connectivity index (χ3v) is 7.12. The Balaban J connectivity index is 2.01. The Bertz CT molecular complexity index is 1270. The summed E-state index contributed by atoms with van der Waals surface area (Å²) in [7, 11) is -3.80. The van der Waals surface area contributed by atoms with E-state index in [1.807, 2.05) is 30.3 Å². The van der Waals surface area contributed by atoms with Crippen LogP contribution < -0.4 is 0 Å². The monoisotopic (exact) mass is 403 g/mol. The fourth-order valence-electron chi connectivity index (χ4n) is 2.82. The standard InChI is InChI=1S/C18H14ClN3O2S2/c1-11-15(19)10-22-17(20-11)16(18(21-22)25-2)26(23,24)14-8-7-12-5-3-4-6-13(12)9-14/h3-10H,1-2H3. The van der Waals surface area contributed by atoms with Crippen molar-refractivity contribution in [3.05, 3.63) is 59.4 Å². The molecule has 0 bridgehead atoms. The Hall–Kier alpha value is -2.09. The Morgan fingerprint density at radius 2 is 1.85 bits per heavy atom. The van der Waals surface area contributed by atoms with E-state index in [9.17, 15) is 8.42 Å². The van der Waals surface area contributed by atoms with Gasteiger partial charge in [-0.25, -0.2) is 17.9 Å². The molecule has 5 nitrogen and oxygen atoms in total. The van der Waals surface area contributed by atoms with Gasteiger partial charge in [0.05, 0.1) is 21.8 Å². The molecule has 0 fully saturated rings. The lowest BCUT2D eigenvalue weighted by molar-refractivity contribution is 0.595. The second-order valence-corrected chi connectivity index (χ2v) is 8.88. The molecule has 2 heterocycles. The summed E-state index contributed by atoms with van der Waals surface area (Å²) in [4.78, 5) is 4.70. The van der Waals surface area contributed by atoms with Crippen LogP contribution in [0.2, 0.25) is 5.02 Å². The minimum absolute atomic E-state index is 0.111. The van der Waals surface area contributed by atoms with Gasteiger partial charge in [-0.1, -0.05) is 41.9 Å². The van der Waals surface area contributed by atoms with Gasteiger partial charge >= 0.3 is 0 Å². The summed E-state index contributed by atoms with van der Waals surface area (Å²) >= 11 is 7.37. The van der Waals surface area contributed by atoms with E-state index in [2.05, 4.69) is 10.1 Å². The highest BCUT2D eigenvalue weighted by Gasteiger charge is 2.29. The summed E-state index contributed by atoms with van der Waals surface area (Å²) in [5.41, 5.74) is 0.839. The molecule has 4 aromatic rings. The van der Waals surface area contributed by atoms with Gasteiger partial charge in [0.1, 0.15) is 5.03 Å². The summed E-state index contributed by atoms with van der Waals surface area (Å²) in [6.45, 7) is 1.74. The molecule has 8 heteroatoms. The van der Waals surface area contributed by atoms with Crippen molar-refractivity contribution in [3.8, 4) is 0 Å². The number of sulfone groups is 1. The van der Waals surface area contributed by atoms with Crippen molar-refractivity contribution in [2.45, 2.75) is 21.7 Å². The first-order valence-electron chi connectivity index (χ1n) is 7.75. The Morgan fingerprint density at radius 1 is 1.12 bits per heavy atom. The van der Waals surface area contributed by atoms with Crippen LogP contribution in [-0.2, 0) is 9.84 Å². The SMILES string of the molecule is CSc1nn2cc(Cl)c(C)nc2c1S(=O)(=O)c1ccc2ccccc2c1. The van der Waals surface area contributed by atoms with Gasteiger partial charge in [0, 0.05) is 0 Å². The average Bonchev–Trinajstić information content (AvgIpc) is 2.99. The topological polar surface area (TPSA) is 64.3 Å². The lowest BCUT2D eigenvalue weighted by Gasteiger charge is -2.06. The zero-order valence-electron chi connectivity index (χ0n) is 14.0. The molecule has 0 aliphatic carbocycles. The molecule has 0 aliphatic rings. The Morgan fingerprint density at radius 3 is 2.58 bits per heavy atom. The van der Waals surface area contributed by atoms with Crippen molar-refractivity contribution in [2.75, 3.05) is 6.26 Å². The molecule has 0 atom stereocenters. The van der Waals surface area contributed by atoms with E-state index >= 15 is 0 Å². The summed E-state index contributed by atoms with van der Waals surface area (Å²) < 4.78 is 28.2. The summed E-state index contributed by atoms with van der Waals surface area (Å²) in [5.74, 6) is 0. The molecule has 2 aromatic heterocycles. The van der Waals surface area contributed by atoms with Crippen LogP contribution in [0.1, 0.15) is 5.69 Å². The van der Waals surface area contributed by atoms with E-state index in [1.165, 1.54) is 16.3 Å². The molecule has 0 saturated carbocycles. The molecule has 26 heavy (non-hydrogen) atoms. The molecule has 0 N–H and O–H groups in total. The molecule has 0 unspecified atom stereocenters. The normalized spacial score (nSPS) is 12.1. The quantitative estimate of drug-likeness (QED) is 0.474. The second-order valence-electron chi connectivity index (χ2n) is 5.79. The lowest BCUT2D eigenvalue weighted by Crippen LogP contribution is -2.04. The predicted octanol–water partition coefficient (Wildman–Crippen LogP) is 4.40. The van der Waals surface area contributed by atoms with Crippen molar-refractivity contribution >= 4 is 49.6 Å². The first kappa shape index (κ1) is 17.3. The van der Waals surface area contributed by atoms with Crippen molar-refractivity contribution in [1.82, 2.24) is 14.6 Å². The van der Waals surface area contributed by atoms with Crippen molar-refractivity contribution in [3.63, 3.8) is 0 Å². The maximum Gasteiger partial charge on any atom is 0.213 e. The smallest absolute Gasteiger partial charge is 0.213 e. The predicted molar refractivity (Wildman–Crippen MR) is 104 cm³/mol. The summed E-state index contributed by atoms with van der Waals surface area (Å²) in [5, 5.41) is 7.02. The zero-order chi connectivity index (χ0) is 18.5. The maximum absolute atomic E-state index is 13.4. The minimum atomic E-state index is -3.80. The largest absolute Gasteiger partial charge is 0.231 e. The van der Waals surface area contributed by atoms with Gasteiger partial charge in [-0.05, 0) is 36.1 Å². The lowest BCUT2D eigenvalue weighted by atomic mass is 10.1. The molecule has 0 saturated heterocycles. The number of thioether (sulfide) groups is 1. The van der Waals surface area contributed by atoms with Crippen molar-refractivity contribution < 1.29 is 8.42 Å². The highest BCUT2D eigenvalue weighted by molar-refractivity contribution is 7.99. The van der Waals surface area contributed by atoms with Crippen LogP contribution in [0.5, 0.6) is 0 Å². The van der Waals surface area contributed by atoms with E-state index in [0.29, 0.717) is 15.7 Å². The highest BCUT2D eigenvalue weighted by Crippen LogP contribution is 2.34. The number of rotatable bonds is 3. The molecular formula is C18H14ClN3O2S2. The highest BCUT2D eigenvalue weighted by atomic mass is 35.5. The van der Waals surface area contributed by atoms with Gasteiger partial charge in [-0.15, -0.1) is 11.8 Å². The number of nitrogens with zero attached hydrogens (tertiary/aromatic N) is 3. The summed E-state index contributed by atoms with van der Waals surface area (Å²) in [6.07, 6.45) is 3.37. The van der Waals surface area contributed by atoms with Gasteiger partial charge < -0.3 is 0 Å². The minimum Gasteiger partial charge on any atom is -0.231 e. The van der Waals surface area contributed by atoms with Crippen molar-refractivity contribution in [1.29, 1.82) is 0 Å². The molecule has 2 aromatic carbocycles. The van der Waals surface area contributed by atoms with Crippen LogP contribution in [0.15, 0.2) is 63.5 Å². The van der Waals surface area contributed by atoms with Crippen LogP contribution >= 0.6 is 23.4 Å². The van der Waals surface area contributed by atoms with Crippen molar-refractivity contribution in [2.24, 2.45) is 0 Å². The number of hydrogen-bond donors (Lipinski definition) is 0. The molecular weight excluding hydrogens is 390 g/mol. The van der Waals surface area contributed by atoms with Crippen LogP contribution in [0.25, 0.3) is 16.4 Å². The molecule has 0 radical (unpaired) electrons. The third kappa shape index (κ3) is 2.67. The fraction of sp³-hybridized carbons (Fsp3) is 0.111. The molecule has 132 valence electrons. The van der Waals surface area contributed by atoms with Gasteiger partial charge in [-0.3, -0.25) is 0 Å². The second kappa shape index (κ2) is 6.26. The average molecular weight is 404 g/mol. The molecule has 0 spiro atoms. The van der Waals surface area contributed by atoms with E-state index in [-0.39, 0.29) is 15.4 Å². The van der Waals surface area contributed by atoms with Crippen LogP contribution in [0.4, 0.5) is 0 Å². The number of halogens is 1. The number of benzene rings is 2. The van der Waals surface area contributed by atoms with Gasteiger partial charge in [0.15, 0.2) is 10.5 Å². The first-order valence-corrected chi connectivity index (χ1v) is 10.8.